The molecule has 11 aromatic carbocycles. The maximum absolute atomic E-state index is 2.93. The third kappa shape index (κ3) is 13.6. The molecule has 11 rings (SSSR count). The minimum atomic E-state index is -0.664. The average molecular weight is 1040 g/mol. The first-order chi connectivity index (χ1) is 35.2. The van der Waals surface area contributed by atoms with E-state index in [1.807, 2.05) is 24.3 Å². The summed E-state index contributed by atoms with van der Waals surface area (Å²) in [5, 5.41) is 16.9. The van der Waals surface area contributed by atoms with Crippen LogP contribution in [0.2, 0.25) is 0 Å². The Balaban J connectivity index is 0.000000167. The van der Waals surface area contributed by atoms with Gasteiger partial charge in [0.15, 0.2) is 0 Å². The second kappa shape index (κ2) is 27.5. The molecule has 5 heteroatoms. The first-order valence-corrected chi connectivity index (χ1v) is 29.3. The van der Waals surface area contributed by atoms with E-state index in [0.717, 1.165) is 0 Å². The molecule has 0 fully saturated rings. The fraction of sp³-hybridized carbons (Fsp3) is 0.0149. The predicted molar refractivity (Wildman–Crippen MR) is 318 cm³/mol. The molecule has 0 bridgehead atoms. The monoisotopic (exact) mass is 1040 g/mol. The van der Waals surface area contributed by atoms with E-state index in [0.29, 0.717) is 0 Å². The van der Waals surface area contributed by atoms with Gasteiger partial charge in [0.1, 0.15) is 0 Å². The van der Waals surface area contributed by atoms with Gasteiger partial charge in [-0.25, -0.2) is 0 Å². The first-order valence-electron chi connectivity index (χ1n) is 23.9. The summed E-state index contributed by atoms with van der Waals surface area (Å²) < 4.78 is 0. The normalized spacial score (nSPS) is 10.7. The third-order valence-corrected chi connectivity index (χ3v) is 22.1. The zero-order chi connectivity index (χ0) is 48.3. The maximum atomic E-state index is 2.93. The molecule has 0 aliphatic carbocycles. The number of aryl methyl sites for hydroxylation is 1. The Morgan fingerprint density at radius 2 is 0.361 bits per heavy atom. The van der Waals surface area contributed by atoms with Crippen LogP contribution in [-0.2, 0) is 17.1 Å². The molecule has 0 spiro atoms. The van der Waals surface area contributed by atoms with Crippen molar-refractivity contribution < 1.29 is 17.1 Å². The van der Waals surface area contributed by atoms with E-state index in [1.165, 1.54) is 69.2 Å². The molecule has 0 nitrogen and oxygen atoms in total. The average Bonchev–Trinajstić information content (AvgIpc) is 3.45. The van der Waals surface area contributed by atoms with Crippen LogP contribution in [0.1, 0.15) is 5.56 Å². The Labute approximate surface area is 443 Å². The van der Waals surface area contributed by atoms with Crippen LogP contribution in [-0.4, -0.2) is 0 Å². The summed E-state index contributed by atoms with van der Waals surface area (Å²) in [6.07, 6.45) is 0. The fourth-order valence-corrected chi connectivity index (χ4v) is 19.0. The molecule has 0 aliphatic heterocycles. The van der Waals surface area contributed by atoms with Gasteiger partial charge in [-0.05, 0) is 95.3 Å². The van der Waals surface area contributed by atoms with Crippen molar-refractivity contribution in [1.29, 1.82) is 0 Å². The van der Waals surface area contributed by atoms with Crippen LogP contribution in [0.25, 0.3) is 0 Å². The van der Waals surface area contributed by atoms with E-state index in [9.17, 15) is 0 Å². The molecule has 0 radical (unpaired) electrons. The number of rotatable bonds is 12. The Morgan fingerprint density at radius 1 is 0.208 bits per heavy atom. The molecule has 11 aromatic rings. The Morgan fingerprint density at radius 3 is 0.500 bits per heavy atom. The number of hydrogen-bond donors (Lipinski definition) is 0. The SMILES string of the molecule is Cc1cc[c-]cc1.[Fe].c1ccc(P(c2ccccc2)c2ccccc2P(c2ccccc2)c2ccccc2)cc1.c1ccc(P(c2ccccc2)c2ccccc2P(c2ccccc2)c2ccccc2)cc1. The van der Waals surface area contributed by atoms with Gasteiger partial charge >= 0.3 is 0 Å². The predicted octanol–water partition coefficient (Wildman–Crippen LogP) is 12.2. The van der Waals surface area contributed by atoms with Crippen molar-refractivity contribution in [2.75, 3.05) is 0 Å². The van der Waals surface area contributed by atoms with Crippen LogP contribution in [0.3, 0.4) is 0 Å². The second-order valence-electron chi connectivity index (χ2n) is 16.6. The van der Waals surface area contributed by atoms with Crippen molar-refractivity contribution in [2.45, 2.75) is 6.92 Å². The van der Waals surface area contributed by atoms with E-state index in [1.54, 1.807) is 0 Å². The molecular formula is C67H55FeP4-. The molecule has 0 amide bonds. The van der Waals surface area contributed by atoms with Crippen LogP contribution in [0.4, 0.5) is 0 Å². The molecule has 0 heterocycles. The number of hydrogen-bond acceptors (Lipinski definition) is 0. The van der Waals surface area contributed by atoms with Crippen molar-refractivity contribution >= 4 is 95.3 Å². The summed E-state index contributed by atoms with van der Waals surface area (Å²) in [5.41, 5.74) is 1.29. The van der Waals surface area contributed by atoms with Gasteiger partial charge in [-0.1, -0.05) is 298 Å². The Bertz CT molecular complexity index is 2670. The van der Waals surface area contributed by atoms with Gasteiger partial charge in [-0.15, -0.1) is 0 Å². The van der Waals surface area contributed by atoms with Crippen molar-refractivity contribution in [3.63, 3.8) is 0 Å². The molecule has 0 aliphatic rings. The molecule has 0 unspecified atom stereocenters. The quantitative estimate of drug-likeness (QED) is 0.0650. The molecule has 0 saturated carbocycles. The second-order valence-corrected chi connectivity index (χ2v) is 25.3. The third-order valence-electron chi connectivity index (χ3n) is 11.7. The summed E-state index contributed by atoms with van der Waals surface area (Å²) in [5.74, 6) is 0. The zero-order valence-electron chi connectivity index (χ0n) is 40.2. The zero-order valence-corrected chi connectivity index (χ0v) is 44.8. The smallest absolute Gasteiger partial charge is 0 e. The van der Waals surface area contributed by atoms with Gasteiger partial charge in [-0.2, -0.15) is 35.9 Å². The summed E-state index contributed by atoms with van der Waals surface area (Å²) in [6, 6.07) is 117. The fourth-order valence-electron chi connectivity index (χ4n) is 8.48. The summed E-state index contributed by atoms with van der Waals surface area (Å²) in [4.78, 5) is 0. The molecular weight excluding hydrogens is 984 g/mol. The van der Waals surface area contributed by atoms with E-state index < -0.39 is 31.7 Å². The maximum Gasteiger partial charge on any atom is 0 e. The summed E-state index contributed by atoms with van der Waals surface area (Å²) in [7, 11) is -2.66. The minimum Gasteiger partial charge on any atom is -0.184 e. The number of benzene rings is 11. The van der Waals surface area contributed by atoms with E-state index in [-0.39, 0.29) is 17.1 Å². The Hall–Kier alpha value is -6.34. The largest absolute Gasteiger partial charge is 0.184 e. The molecule has 0 saturated heterocycles. The molecule has 72 heavy (non-hydrogen) atoms. The molecule has 0 aromatic heterocycles. The Kier molecular flexibility index (Phi) is 19.8. The van der Waals surface area contributed by atoms with Crippen molar-refractivity contribution in [3.05, 3.63) is 327 Å². The van der Waals surface area contributed by atoms with Crippen molar-refractivity contribution in [2.24, 2.45) is 0 Å². The first kappa shape index (κ1) is 52.0. The van der Waals surface area contributed by atoms with E-state index in [2.05, 4.69) is 304 Å². The molecule has 0 atom stereocenters. The van der Waals surface area contributed by atoms with Crippen LogP contribution in [0.15, 0.2) is 315 Å². The van der Waals surface area contributed by atoms with Crippen molar-refractivity contribution in [1.82, 2.24) is 0 Å². The van der Waals surface area contributed by atoms with Crippen LogP contribution >= 0.6 is 31.7 Å². The topological polar surface area (TPSA) is 0 Å². The van der Waals surface area contributed by atoms with Gasteiger partial charge in [0, 0.05) is 17.1 Å². The summed E-state index contributed by atoms with van der Waals surface area (Å²) >= 11 is 0. The van der Waals surface area contributed by atoms with Crippen molar-refractivity contribution in [3.8, 4) is 0 Å². The van der Waals surface area contributed by atoms with Crippen LogP contribution in [0, 0.1) is 13.0 Å². The van der Waals surface area contributed by atoms with Gasteiger partial charge in [0.05, 0.1) is 0 Å². The summed E-state index contributed by atoms with van der Waals surface area (Å²) in [6.45, 7) is 2.06. The molecule has 352 valence electrons. The van der Waals surface area contributed by atoms with Crippen LogP contribution in [0.5, 0.6) is 0 Å². The van der Waals surface area contributed by atoms with Crippen LogP contribution < -0.4 is 63.7 Å². The molecule has 0 N–H and O–H groups in total. The van der Waals surface area contributed by atoms with Gasteiger partial charge in [0.25, 0.3) is 0 Å². The standard InChI is InChI=1S/2C30H24P2.C7H7.Fe/c2*1-5-15-25(16-6-1)31(26-17-7-2-8-18-26)29-23-13-14-24-30(29)32(27-19-9-3-10-20-27)28-21-11-4-12-22-28;1-7-5-3-2-4-6-7;/h2*1-24H;3-6H,1H3;/q;;-1;. The minimum absolute atomic E-state index is 0. The van der Waals surface area contributed by atoms with E-state index >= 15 is 0 Å². The van der Waals surface area contributed by atoms with Gasteiger partial charge in [0.2, 0.25) is 0 Å². The van der Waals surface area contributed by atoms with Gasteiger partial charge < -0.3 is 0 Å². The van der Waals surface area contributed by atoms with Gasteiger partial charge in [-0.3, -0.25) is 0 Å². The van der Waals surface area contributed by atoms with E-state index in [4.69, 9.17) is 0 Å².